The molecule has 1 aliphatic heterocycles. The number of cyclic esters (lactones) is 1. The molecule has 1 aromatic rings. The third-order valence-electron chi connectivity index (χ3n) is 7.11. The number of benzene rings is 1. The van der Waals surface area contributed by atoms with Crippen LogP contribution >= 0.6 is 0 Å². The van der Waals surface area contributed by atoms with Crippen LogP contribution in [0, 0.1) is 11.3 Å². The van der Waals surface area contributed by atoms with Crippen LogP contribution in [0.1, 0.15) is 67.1 Å². The second-order valence-corrected chi connectivity index (χ2v) is 8.63. The van der Waals surface area contributed by atoms with Crippen molar-refractivity contribution >= 4 is 11.8 Å². The molecule has 5 heteroatoms. The molecule has 0 bridgehead atoms. The number of carbonyl (C=O) groups excluding carboxylic acids is 2. The summed E-state index contributed by atoms with van der Waals surface area (Å²) in [5.74, 6) is 0.624. The number of phenolic OH excluding ortho intramolecular Hbond substituents is 1. The number of hydrogen-bond acceptors (Lipinski definition) is 5. The molecule has 2 unspecified atom stereocenters. The van der Waals surface area contributed by atoms with E-state index in [1.807, 2.05) is 13.8 Å². The summed E-state index contributed by atoms with van der Waals surface area (Å²) in [6.45, 7) is 6.47. The summed E-state index contributed by atoms with van der Waals surface area (Å²) < 4.78 is 10.8. The lowest BCUT2D eigenvalue weighted by Crippen LogP contribution is -2.52. The van der Waals surface area contributed by atoms with Crippen LogP contribution in [0.15, 0.2) is 0 Å². The molecule has 1 heterocycles. The monoisotopic (exact) mass is 358 g/mol. The third kappa shape index (κ3) is 2.03. The Hall–Kier alpha value is -2.04. The number of ketones is 1. The maximum Gasteiger partial charge on any atom is 0.338 e. The van der Waals surface area contributed by atoms with Crippen molar-refractivity contribution in [2.45, 2.75) is 58.3 Å². The van der Waals surface area contributed by atoms with Crippen LogP contribution in [0.4, 0.5) is 0 Å². The SMILES string of the molecule is COc1c(O)c2c(c3c1CCOC3=O)CCC1C(C)(C)C(=O)CCC21C. The van der Waals surface area contributed by atoms with Crippen molar-refractivity contribution in [3.63, 3.8) is 0 Å². The molecule has 1 aromatic carbocycles. The van der Waals surface area contributed by atoms with Gasteiger partial charge in [-0.15, -0.1) is 0 Å². The number of methoxy groups -OCH3 is 1. The van der Waals surface area contributed by atoms with Gasteiger partial charge in [-0.3, -0.25) is 4.79 Å². The van der Waals surface area contributed by atoms with E-state index in [1.165, 1.54) is 7.11 Å². The highest BCUT2D eigenvalue weighted by atomic mass is 16.5. The van der Waals surface area contributed by atoms with Gasteiger partial charge in [0.15, 0.2) is 11.5 Å². The highest BCUT2D eigenvalue weighted by Crippen LogP contribution is 2.60. The molecule has 4 rings (SSSR count). The molecule has 2 aliphatic carbocycles. The molecule has 1 fully saturated rings. The predicted octanol–water partition coefficient (Wildman–Crippen LogP) is 3.32. The number of hydrogen-bond donors (Lipinski definition) is 1. The van der Waals surface area contributed by atoms with E-state index in [-0.39, 0.29) is 28.8 Å². The average Bonchev–Trinajstić information content (AvgIpc) is 2.58. The molecular formula is C21H26O5. The number of aromatic hydroxyl groups is 1. The summed E-state index contributed by atoms with van der Waals surface area (Å²) in [5.41, 5.74) is 2.22. The van der Waals surface area contributed by atoms with Crippen LogP contribution in [-0.2, 0) is 27.8 Å². The molecule has 1 saturated carbocycles. The number of rotatable bonds is 1. The van der Waals surface area contributed by atoms with Crippen molar-refractivity contribution in [2.24, 2.45) is 11.3 Å². The molecule has 0 aromatic heterocycles. The Bertz CT molecular complexity index is 822. The van der Waals surface area contributed by atoms with Gasteiger partial charge < -0.3 is 14.6 Å². The molecule has 0 radical (unpaired) electrons. The Morgan fingerprint density at radius 3 is 2.54 bits per heavy atom. The largest absolute Gasteiger partial charge is 0.504 e. The van der Waals surface area contributed by atoms with Crippen LogP contribution in [0.2, 0.25) is 0 Å². The fourth-order valence-corrected chi connectivity index (χ4v) is 5.84. The van der Waals surface area contributed by atoms with E-state index in [4.69, 9.17) is 9.47 Å². The fourth-order valence-electron chi connectivity index (χ4n) is 5.84. The fraction of sp³-hybridized carbons (Fsp3) is 0.619. The highest BCUT2D eigenvalue weighted by molar-refractivity contribution is 5.96. The van der Waals surface area contributed by atoms with Gasteiger partial charge in [0.2, 0.25) is 0 Å². The Kier molecular flexibility index (Phi) is 3.66. The van der Waals surface area contributed by atoms with Crippen LogP contribution in [-0.4, -0.2) is 30.6 Å². The molecular weight excluding hydrogens is 332 g/mol. The van der Waals surface area contributed by atoms with E-state index in [1.54, 1.807) is 0 Å². The van der Waals surface area contributed by atoms with Gasteiger partial charge in [-0.2, -0.15) is 0 Å². The molecule has 1 N–H and O–H groups in total. The van der Waals surface area contributed by atoms with Gasteiger partial charge in [-0.25, -0.2) is 4.79 Å². The van der Waals surface area contributed by atoms with Gasteiger partial charge in [0.05, 0.1) is 19.3 Å². The zero-order chi connectivity index (χ0) is 18.9. The summed E-state index contributed by atoms with van der Waals surface area (Å²) in [6.07, 6.45) is 3.21. The lowest BCUT2D eigenvalue weighted by Gasteiger charge is -2.53. The molecule has 140 valence electrons. The summed E-state index contributed by atoms with van der Waals surface area (Å²) in [5, 5.41) is 11.2. The minimum atomic E-state index is -0.444. The first-order valence-corrected chi connectivity index (χ1v) is 9.39. The summed E-state index contributed by atoms with van der Waals surface area (Å²) in [6, 6.07) is 0. The minimum absolute atomic E-state index is 0.122. The second-order valence-electron chi connectivity index (χ2n) is 8.63. The van der Waals surface area contributed by atoms with Gasteiger partial charge >= 0.3 is 5.97 Å². The van der Waals surface area contributed by atoms with Crippen LogP contribution in [0.25, 0.3) is 0 Å². The van der Waals surface area contributed by atoms with Gasteiger partial charge in [-0.05, 0) is 30.7 Å². The van der Waals surface area contributed by atoms with Crippen LogP contribution in [0.5, 0.6) is 11.5 Å². The molecule has 0 saturated heterocycles. The first-order chi connectivity index (χ1) is 12.2. The van der Waals surface area contributed by atoms with Crippen molar-refractivity contribution in [3.05, 3.63) is 22.3 Å². The van der Waals surface area contributed by atoms with E-state index in [2.05, 4.69) is 6.92 Å². The van der Waals surface area contributed by atoms with Crippen molar-refractivity contribution in [2.75, 3.05) is 13.7 Å². The van der Waals surface area contributed by atoms with E-state index in [9.17, 15) is 14.7 Å². The average molecular weight is 358 g/mol. The molecule has 3 aliphatic rings. The number of Topliss-reactive ketones (excluding diaryl/α,β-unsaturated/α-hetero) is 1. The predicted molar refractivity (Wildman–Crippen MR) is 95.8 cm³/mol. The molecule has 26 heavy (non-hydrogen) atoms. The quantitative estimate of drug-likeness (QED) is 0.780. The number of fused-ring (bicyclic) bond motifs is 5. The third-order valence-corrected chi connectivity index (χ3v) is 7.11. The highest BCUT2D eigenvalue weighted by Gasteiger charge is 2.55. The first-order valence-electron chi connectivity index (χ1n) is 9.39. The standard InChI is InChI=1S/C21H26O5/c1-20(2)13-6-5-11-15-12(8-10-26-19(15)24)18(25-4)17(23)16(11)21(13,3)9-7-14(20)22/h13,23H,5-10H2,1-4H3. The molecule has 2 atom stereocenters. The van der Waals surface area contributed by atoms with Crippen molar-refractivity contribution in [1.82, 2.24) is 0 Å². The summed E-state index contributed by atoms with van der Waals surface area (Å²) in [4.78, 5) is 25.1. The van der Waals surface area contributed by atoms with E-state index in [0.717, 1.165) is 23.1 Å². The lowest BCUT2D eigenvalue weighted by molar-refractivity contribution is -0.137. The summed E-state index contributed by atoms with van der Waals surface area (Å²) in [7, 11) is 1.53. The molecule has 5 nitrogen and oxygen atoms in total. The van der Waals surface area contributed by atoms with Gasteiger partial charge in [0.25, 0.3) is 0 Å². The van der Waals surface area contributed by atoms with E-state index >= 15 is 0 Å². The number of phenols is 1. The molecule has 0 amide bonds. The first kappa shape index (κ1) is 17.4. The zero-order valence-electron chi connectivity index (χ0n) is 15.9. The van der Waals surface area contributed by atoms with Gasteiger partial charge in [0, 0.05) is 34.8 Å². The smallest absolute Gasteiger partial charge is 0.338 e. The topological polar surface area (TPSA) is 72.8 Å². The van der Waals surface area contributed by atoms with E-state index in [0.29, 0.717) is 43.6 Å². The Morgan fingerprint density at radius 2 is 1.85 bits per heavy atom. The number of ether oxygens (including phenoxy) is 2. The van der Waals surface area contributed by atoms with Crippen molar-refractivity contribution in [1.29, 1.82) is 0 Å². The lowest BCUT2D eigenvalue weighted by atomic mass is 9.49. The number of esters is 1. The Morgan fingerprint density at radius 1 is 1.12 bits per heavy atom. The molecule has 0 spiro atoms. The maximum atomic E-state index is 12.6. The number of carbonyl (C=O) groups is 2. The van der Waals surface area contributed by atoms with Gasteiger partial charge in [0.1, 0.15) is 5.78 Å². The Balaban J connectivity index is 2.01. The van der Waals surface area contributed by atoms with Crippen molar-refractivity contribution in [3.8, 4) is 11.5 Å². The van der Waals surface area contributed by atoms with Crippen LogP contribution < -0.4 is 4.74 Å². The van der Waals surface area contributed by atoms with Crippen LogP contribution in [0.3, 0.4) is 0 Å². The van der Waals surface area contributed by atoms with E-state index < -0.39 is 5.41 Å². The second kappa shape index (κ2) is 5.48. The summed E-state index contributed by atoms with van der Waals surface area (Å²) >= 11 is 0. The van der Waals surface area contributed by atoms with Crippen molar-refractivity contribution < 1.29 is 24.2 Å². The minimum Gasteiger partial charge on any atom is -0.504 e. The normalized spacial score (nSPS) is 29.3. The Labute approximate surface area is 153 Å². The van der Waals surface area contributed by atoms with Gasteiger partial charge in [-0.1, -0.05) is 20.8 Å². The maximum absolute atomic E-state index is 12.6. The zero-order valence-corrected chi connectivity index (χ0v) is 15.9.